The maximum atomic E-state index is 11.8. The zero-order valence-electron chi connectivity index (χ0n) is 10.9. The van der Waals surface area contributed by atoms with E-state index in [2.05, 4.69) is 9.18 Å². The third-order valence-corrected chi connectivity index (χ3v) is 2.87. The van der Waals surface area contributed by atoms with Gasteiger partial charge in [-0.25, -0.2) is 0 Å². The smallest absolute Gasteiger partial charge is 0.320 e. The molecule has 110 valence electrons. The minimum Gasteiger partial charge on any atom is -0.480 e. The molecule has 1 unspecified atom stereocenters. The predicted octanol–water partition coefficient (Wildman–Crippen LogP) is 2.60. The Bertz CT molecular complexity index is 440. The average Bonchev–Trinajstić information content (AvgIpc) is 2.44. The van der Waals surface area contributed by atoms with E-state index in [9.17, 15) is 8.68 Å². The molecule has 0 amide bonds. The molecular formula is C13H17FN2O3S. The van der Waals surface area contributed by atoms with E-state index in [-0.39, 0.29) is 12.4 Å². The maximum absolute atomic E-state index is 11.8. The second-order valence-corrected chi connectivity index (χ2v) is 4.48. The Morgan fingerprint density at radius 1 is 1.45 bits per heavy atom. The number of aliphatic imine (C=N–C) groups is 1. The summed E-state index contributed by atoms with van der Waals surface area (Å²) in [5, 5.41) is 8.60. The van der Waals surface area contributed by atoms with E-state index in [1.165, 1.54) is 0 Å². The molecule has 0 bridgehead atoms. The maximum Gasteiger partial charge on any atom is 0.320 e. The van der Waals surface area contributed by atoms with Crippen molar-refractivity contribution in [2.24, 2.45) is 10.7 Å². The highest BCUT2D eigenvalue weighted by Crippen LogP contribution is 2.16. The van der Waals surface area contributed by atoms with Crippen LogP contribution in [-0.2, 0) is 4.79 Å². The van der Waals surface area contributed by atoms with Gasteiger partial charge in [-0.3, -0.25) is 9.79 Å². The van der Waals surface area contributed by atoms with Crippen molar-refractivity contribution in [3.8, 4) is 5.75 Å². The van der Waals surface area contributed by atoms with E-state index in [0.29, 0.717) is 18.7 Å². The van der Waals surface area contributed by atoms with Crippen molar-refractivity contribution in [2.45, 2.75) is 25.3 Å². The van der Waals surface area contributed by atoms with Crippen LogP contribution in [0.3, 0.4) is 0 Å². The molecule has 0 spiro atoms. The largest absolute Gasteiger partial charge is 0.480 e. The van der Waals surface area contributed by atoms with E-state index in [1.807, 2.05) is 0 Å². The Balaban J connectivity index is 2.22. The summed E-state index contributed by atoms with van der Waals surface area (Å²) in [6.45, 7) is 0.616. The van der Waals surface area contributed by atoms with Gasteiger partial charge in [-0.1, -0.05) is 0 Å². The zero-order chi connectivity index (χ0) is 14.8. The van der Waals surface area contributed by atoms with E-state index in [0.717, 1.165) is 18.4 Å². The van der Waals surface area contributed by atoms with Crippen molar-refractivity contribution in [3.63, 3.8) is 0 Å². The van der Waals surface area contributed by atoms with Crippen LogP contribution in [0, 0.1) is 0 Å². The van der Waals surface area contributed by atoms with Gasteiger partial charge >= 0.3 is 5.97 Å². The minimum atomic E-state index is -0.970. The Labute approximate surface area is 121 Å². The first-order valence-electron chi connectivity index (χ1n) is 6.17. The number of hydrogen-bond donors (Lipinski definition) is 2. The van der Waals surface area contributed by atoms with Crippen LogP contribution < -0.4 is 9.92 Å². The van der Waals surface area contributed by atoms with E-state index in [4.69, 9.17) is 10.8 Å². The van der Waals surface area contributed by atoms with Gasteiger partial charge < -0.3 is 15.0 Å². The second kappa shape index (κ2) is 9.33. The fraction of sp³-hybridized carbons (Fsp3) is 0.385. The Morgan fingerprint density at radius 2 is 2.15 bits per heavy atom. The molecule has 0 saturated heterocycles. The van der Waals surface area contributed by atoms with Gasteiger partial charge in [-0.2, -0.15) is 0 Å². The topological polar surface area (TPSA) is 84.9 Å². The van der Waals surface area contributed by atoms with Gasteiger partial charge in [0.15, 0.2) is 0 Å². The average molecular weight is 300 g/mol. The van der Waals surface area contributed by atoms with Crippen molar-refractivity contribution in [1.29, 1.82) is 0 Å². The number of carboxylic acid groups (broad SMARTS) is 1. The fourth-order valence-electron chi connectivity index (χ4n) is 1.51. The molecule has 0 aliphatic rings. The molecule has 0 heterocycles. The van der Waals surface area contributed by atoms with Gasteiger partial charge in [-0.15, -0.1) is 3.89 Å². The molecule has 0 aromatic heterocycles. The van der Waals surface area contributed by atoms with Crippen LogP contribution in [0.15, 0.2) is 29.3 Å². The fourth-order valence-corrected chi connectivity index (χ4v) is 1.69. The van der Waals surface area contributed by atoms with Crippen molar-refractivity contribution < 1.29 is 18.0 Å². The summed E-state index contributed by atoms with van der Waals surface area (Å²) < 4.78 is 16.4. The Hall–Kier alpha value is -1.60. The third-order valence-electron chi connectivity index (χ3n) is 2.62. The molecule has 1 aromatic carbocycles. The molecule has 20 heavy (non-hydrogen) atoms. The summed E-state index contributed by atoms with van der Waals surface area (Å²) >= 11 is -0.194. The lowest BCUT2D eigenvalue weighted by atomic mass is 10.1. The van der Waals surface area contributed by atoms with E-state index >= 15 is 0 Å². The van der Waals surface area contributed by atoms with Crippen LogP contribution in [0.1, 0.15) is 24.8 Å². The summed E-state index contributed by atoms with van der Waals surface area (Å²) in [5.74, 6) is -0.528. The van der Waals surface area contributed by atoms with Gasteiger partial charge in [0.2, 0.25) is 0 Å². The lowest BCUT2D eigenvalue weighted by Gasteiger charge is -2.04. The van der Waals surface area contributed by atoms with Crippen LogP contribution in [0.4, 0.5) is 3.89 Å². The van der Waals surface area contributed by atoms with Crippen LogP contribution in [0.5, 0.6) is 5.75 Å². The summed E-state index contributed by atoms with van der Waals surface area (Å²) in [4.78, 5) is 14.7. The number of nitrogens with zero attached hydrogens (tertiary/aromatic N) is 1. The number of halogens is 1. The Kier molecular flexibility index (Phi) is 7.67. The van der Waals surface area contributed by atoms with Crippen molar-refractivity contribution >= 4 is 24.6 Å². The van der Waals surface area contributed by atoms with Crippen molar-refractivity contribution in [1.82, 2.24) is 0 Å². The first-order valence-corrected chi connectivity index (χ1v) is 6.81. The molecule has 0 fully saturated rings. The quantitative estimate of drug-likeness (QED) is 0.416. The molecule has 7 heteroatoms. The van der Waals surface area contributed by atoms with Gasteiger partial charge in [-0.05, 0) is 49.1 Å². The summed E-state index contributed by atoms with van der Waals surface area (Å²) in [5.41, 5.74) is 6.27. The molecule has 1 aromatic rings. The molecule has 0 aliphatic heterocycles. The number of hydrogen-bond acceptors (Lipinski definition) is 5. The number of benzene rings is 1. The minimum absolute atomic E-state index is 0.194. The summed E-state index contributed by atoms with van der Waals surface area (Å²) in [6.07, 6.45) is 3.68. The second-order valence-electron chi connectivity index (χ2n) is 4.19. The highest BCUT2D eigenvalue weighted by Gasteiger charge is 2.09. The van der Waals surface area contributed by atoms with E-state index in [1.54, 1.807) is 30.5 Å². The highest BCUT2D eigenvalue weighted by atomic mass is 32.2. The van der Waals surface area contributed by atoms with Gasteiger partial charge in [0.1, 0.15) is 11.8 Å². The normalized spacial score (nSPS) is 12.5. The van der Waals surface area contributed by atoms with Gasteiger partial charge in [0, 0.05) is 12.8 Å². The van der Waals surface area contributed by atoms with Gasteiger partial charge in [0.25, 0.3) is 12.4 Å². The zero-order valence-corrected chi connectivity index (χ0v) is 11.7. The molecule has 0 saturated carbocycles. The Morgan fingerprint density at radius 3 is 2.75 bits per heavy atom. The number of carboxylic acids is 1. The molecule has 3 N–H and O–H groups in total. The van der Waals surface area contributed by atoms with Crippen LogP contribution in [0.25, 0.3) is 0 Å². The highest BCUT2D eigenvalue weighted by molar-refractivity contribution is 7.89. The molecular weight excluding hydrogens is 283 g/mol. The monoisotopic (exact) mass is 300 g/mol. The number of rotatable bonds is 9. The lowest BCUT2D eigenvalue weighted by Crippen LogP contribution is -2.29. The van der Waals surface area contributed by atoms with Crippen LogP contribution >= 0.6 is 12.4 Å². The molecule has 0 aliphatic carbocycles. The van der Waals surface area contributed by atoms with Gasteiger partial charge in [0.05, 0.1) is 0 Å². The standard InChI is InChI=1S/C13H17FN2O3S/c14-20-19-11-6-4-10(5-7-11)9-16-8-2-1-3-12(15)13(17)18/h4-7,9,12H,1-3,8,15H2,(H,17,18)/b16-9+. The molecule has 0 radical (unpaired) electrons. The van der Waals surface area contributed by atoms with Crippen LogP contribution in [-0.4, -0.2) is 29.9 Å². The molecule has 1 atom stereocenters. The first-order chi connectivity index (χ1) is 9.63. The van der Waals surface area contributed by atoms with E-state index < -0.39 is 12.0 Å². The number of unbranched alkanes of at least 4 members (excludes halogenated alkanes) is 1. The third kappa shape index (κ3) is 6.53. The first kappa shape index (κ1) is 16.5. The predicted molar refractivity (Wildman–Crippen MR) is 77.7 cm³/mol. The van der Waals surface area contributed by atoms with Crippen molar-refractivity contribution in [3.05, 3.63) is 29.8 Å². The SMILES string of the molecule is NC(CCCC/N=C/c1ccc(OSF)cc1)C(=O)O. The summed E-state index contributed by atoms with van der Waals surface area (Å²) in [7, 11) is 0. The number of carbonyl (C=O) groups is 1. The molecule has 1 rings (SSSR count). The van der Waals surface area contributed by atoms with Crippen LogP contribution in [0.2, 0.25) is 0 Å². The number of aliphatic carboxylic acids is 1. The number of nitrogens with two attached hydrogens (primary N) is 1. The molecule has 5 nitrogen and oxygen atoms in total. The lowest BCUT2D eigenvalue weighted by molar-refractivity contribution is -0.138. The van der Waals surface area contributed by atoms with Crippen molar-refractivity contribution in [2.75, 3.05) is 6.54 Å². The summed E-state index contributed by atoms with van der Waals surface area (Å²) in [6, 6.07) is 6.06.